The lowest BCUT2D eigenvalue weighted by molar-refractivity contribution is -0.388. The van der Waals surface area contributed by atoms with Crippen LogP contribution in [0, 0.1) is 16.0 Å². The molecule has 1 heterocycles. The normalized spacial score (nSPS) is 15.9. The zero-order valence-corrected chi connectivity index (χ0v) is 18.4. The Labute approximate surface area is 188 Å². The molecular weight excluding hydrogens is 463 g/mol. The average Bonchev–Trinajstić information content (AvgIpc) is 2.77. The molecule has 1 N–H and O–H groups in total. The van der Waals surface area contributed by atoms with Crippen LogP contribution in [0.25, 0.3) is 0 Å². The van der Waals surface area contributed by atoms with E-state index in [1.54, 1.807) is 0 Å². The third-order valence-corrected chi connectivity index (χ3v) is 7.42. The van der Waals surface area contributed by atoms with Crippen molar-refractivity contribution in [2.75, 3.05) is 25.0 Å². The van der Waals surface area contributed by atoms with Gasteiger partial charge in [-0.3, -0.25) is 14.9 Å². The Hall–Kier alpha value is -2.99. The molecule has 8 nitrogen and oxygen atoms in total. The van der Waals surface area contributed by atoms with Gasteiger partial charge in [-0.1, -0.05) is 6.92 Å². The monoisotopic (exact) mass is 485 g/mol. The zero-order valence-electron chi connectivity index (χ0n) is 17.6. The van der Waals surface area contributed by atoms with Crippen molar-refractivity contribution in [1.29, 1.82) is 0 Å². The van der Waals surface area contributed by atoms with Gasteiger partial charge in [-0.2, -0.15) is 17.5 Å². The number of hydrogen-bond donors (Lipinski definition) is 1. The van der Waals surface area contributed by atoms with E-state index < -0.39 is 38.2 Å². The number of benzene rings is 2. The number of carbonyl (C=O) groups is 1. The van der Waals surface area contributed by atoms with Crippen LogP contribution in [0.15, 0.2) is 47.4 Å². The Bertz CT molecular complexity index is 1140. The fourth-order valence-corrected chi connectivity index (χ4v) is 4.97. The molecule has 0 radical (unpaired) electrons. The number of nitro benzene ring substituents is 1. The highest BCUT2D eigenvalue weighted by molar-refractivity contribution is 7.89. The van der Waals surface area contributed by atoms with Crippen molar-refractivity contribution in [3.8, 4) is 0 Å². The molecule has 2 aromatic rings. The molecule has 0 unspecified atom stereocenters. The van der Waals surface area contributed by atoms with Crippen LogP contribution in [0.5, 0.6) is 0 Å². The maximum atomic E-state index is 13.1. The van der Waals surface area contributed by atoms with Gasteiger partial charge in [0.15, 0.2) is 5.78 Å². The standard InChI is InChI=1S/C21H22F3N3O5S/c1-14-8-10-26(11-9-14)33(31,32)17-5-2-15(3-6-17)20(28)13-25-16-4-7-19(27(29)30)18(12-16)21(22,23)24/h2-7,12,14,25H,8-11,13H2,1H3. The van der Waals surface area contributed by atoms with Crippen LogP contribution in [-0.2, 0) is 16.2 Å². The molecule has 0 atom stereocenters. The Morgan fingerprint density at radius 3 is 2.30 bits per heavy atom. The van der Waals surface area contributed by atoms with Gasteiger partial charge in [0.05, 0.1) is 16.4 Å². The number of hydrogen-bond acceptors (Lipinski definition) is 6. The van der Waals surface area contributed by atoms with Crippen LogP contribution in [-0.4, -0.2) is 43.1 Å². The summed E-state index contributed by atoms with van der Waals surface area (Å²) in [6.45, 7) is 2.55. The lowest BCUT2D eigenvalue weighted by atomic mass is 10.0. The predicted octanol–water partition coefficient (Wildman–Crippen LogP) is 4.33. The quantitative estimate of drug-likeness (QED) is 0.355. The minimum atomic E-state index is -4.93. The number of nitro groups is 1. The second kappa shape index (κ2) is 9.48. The lowest BCUT2D eigenvalue weighted by Crippen LogP contribution is -2.37. The largest absolute Gasteiger partial charge is 0.423 e. The van der Waals surface area contributed by atoms with Crippen molar-refractivity contribution < 1.29 is 31.3 Å². The number of ketones is 1. The third kappa shape index (κ3) is 5.69. The van der Waals surface area contributed by atoms with E-state index >= 15 is 0 Å². The molecule has 0 bridgehead atoms. The smallest absolute Gasteiger partial charge is 0.378 e. The summed E-state index contributed by atoms with van der Waals surface area (Å²) in [7, 11) is -3.67. The van der Waals surface area contributed by atoms with E-state index in [0.29, 0.717) is 25.1 Å². The summed E-state index contributed by atoms with van der Waals surface area (Å²) in [6, 6.07) is 7.72. The molecular formula is C21H22F3N3O5S. The minimum absolute atomic E-state index is 0.0618. The zero-order chi connectivity index (χ0) is 24.4. The van der Waals surface area contributed by atoms with Gasteiger partial charge in [-0.15, -0.1) is 0 Å². The molecule has 2 aromatic carbocycles. The van der Waals surface area contributed by atoms with Gasteiger partial charge >= 0.3 is 6.18 Å². The van der Waals surface area contributed by atoms with Gasteiger partial charge in [-0.25, -0.2) is 8.42 Å². The summed E-state index contributed by atoms with van der Waals surface area (Å²) in [4.78, 5) is 22.2. The van der Waals surface area contributed by atoms with E-state index in [4.69, 9.17) is 0 Å². The Morgan fingerprint density at radius 2 is 1.76 bits per heavy atom. The average molecular weight is 485 g/mol. The first-order valence-electron chi connectivity index (χ1n) is 10.1. The highest BCUT2D eigenvalue weighted by Crippen LogP contribution is 2.37. The van der Waals surface area contributed by atoms with E-state index in [2.05, 4.69) is 12.2 Å². The van der Waals surface area contributed by atoms with Gasteiger partial charge < -0.3 is 5.32 Å². The molecule has 1 aliphatic heterocycles. The number of halogens is 3. The first kappa shape index (κ1) is 24.6. The van der Waals surface area contributed by atoms with Crippen molar-refractivity contribution in [2.24, 2.45) is 5.92 Å². The van der Waals surface area contributed by atoms with Gasteiger partial charge in [-0.05, 0) is 55.2 Å². The first-order valence-corrected chi connectivity index (χ1v) is 11.6. The maximum Gasteiger partial charge on any atom is 0.423 e. The Kier molecular flexibility index (Phi) is 7.08. The molecule has 33 heavy (non-hydrogen) atoms. The van der Waals surface area contributed by atoms with Crippen LogP contribution >= 0.6 is 0 Å². The summed E-state index contributed by atoms with van der Waals surface area (Å²) in [5.41, 5.74) is -2.45. The van der Waals surface area contributed by atoms with E-state index in [9.17, 15) is 36.5 Å². The van der Waals surface area contributed by atoms with Crippen LogP contribution < -0.4 is 5.32 Å². The maximum absolute atomic E-state index is 13.1. The fourth-order valence-electron chi connectivity index (χ4n) is 3.50. The van der Waals surface area contributed by atoms with Crippen molar-refractivity contribution in [3.05, 3.63) is 63.7 Å². The highest BCUT2D eigenvalue weighted by atomic mass is 32.2. The predicted molar refractivity (Wildman–Crippen MR) is 115 cm³/mol. The molecule has 1 saturated heterocycles. The Morgan fingerprint density at radius 1 is 1.15 bits per heavy atom. The van der Waals surface area contributed by atoms with Gasteiger partial charge in [0.2, 0.25) is 10.0 Å². The first-order chi connectivity index (χ1) is 15.4. The number of alkyl halides is 3. The van der Waals surface area contributed by atoms with E-state index in [-0.39, 0.29) is 22.7 Å². The van der Waals surface area contributed by atoms with Crippen molar-refractivity contribution in [3.63, 3.8) is 0 Å². The minimum Gasteiger partial charge on any atom is -0.378 e. The summed E-state index contributed by atoms with van der Waals surface area (Å²) in [5.74, 6) is -0.0235. The molecule has 0 spiro atoms. The molecule has 3 rings (SSSR count). The number of piperidine rings is 1. The summed E-state index contributed by atoms with van der Waals surface area (Å²) in [5, 5.41) is 13.4. The number of nitrogens with one attached hydrogen (secondary N) is 1. The number of nitrogens with zero attached hydrogens (tertiary/aromatic N) is 2. The van der Waals surface area contributed by atoms with E-state index in [1.807, 2.05) is 0 Å². The summed E-state index contributed by atoms with van der Waals surface area (Å²) in [6.07, 6.45) is -3.38. The van der Waals surface area contributed by atoms with E-state index in [1.165, 1.54) is 28.6 Å². The number of sulfonamides is 1. The number of carbonyl (C=O) groups excluding carboxylic acids is 1. The molecule has 0 aromatic heterocycles. The summed E-state index contributed by atoms with van der Waals surface area (Å²) >= 11 is 0. The second-order valence-corrected chi connectivity index (χ2v) is 9.81. The molecule has 1 fully saturated rings. The molecule has 0 aliphatic carbocycles. The van der Waals surface area contributed by atoms with Crippen LogP contribution in [0.1, 0.15) is 35.7 Å². The number of rotatable bonds is 7. The van der Waals surface area contributed by atoms with Gasteiger partial charge in [0.25, 0.3) is 5.69 Å². The van der Waals surface area contributed by atoms with Gasteiger partial charge in [0, 0.05) is 30.4 Å². The second-order valence-electron chi connectivity index (χ2n) is 7.87. The fraction of sp³-hybridized carbons (Fsp3) is 0.381. The third-order valence-electron chi connectivity index (χ3n) is 5.51. The van der Waals surface area contributed by atoms with Crippen molar-refractivity contribution >= 4 is 27.2 Å². The van der Waals surface area contributed by atoms with Gasteiger partial charge in [0.1, 0.15) is 5.56 Å². The molecule has 178 valence electrons. The topological polar surface area (TPSA) is 110 Å². The van der Waals surface area contributed by atoms with Crippen molar-refractivity contribution in [1.82, 2.24) is 4.31 Å². The SMILES string of the molecule is CC1CCN(S(=O)(=O)c2ccc(C(=O)CNc3ccc([N+](=O)[O-])c(C(F)(F)F)c3)cc2)CC1. The summed E-state index contributed by atoms with van der Waals surface area (Å²) < 4.78 is 66.2. The van der Waals surface area contributed by atoms with E-state index in [0.717, 1.165) is 25.0 Å². The number of anilines is 1. The van der Waals surface area contributed by atoms with Crippen LogP contribution in [0.2, 0.25) is 0 Å². The number of Topliss-reactive ketones (excluding diaryl/α,β-unsaturated/α-hetero) is 1. The highest BCUT2D eigenvalue weighted by Gasteiger charge is 2.38. The van der Waals surface area contributed by atoms with Crippen molar-refractivity contribution in [2.45, 2.75) is 30.8 Å². The molecule has 1 aliphatic rings. The molecule has 0 saturated carbocycles. The van der Waals surface area contributed by atoms with Crippen LogP contribution in [0.3, 0.4) is 0 Å². The molecule has 0 amide bonds. The Balaban J connectivity index is 1.69. The lowest BCUT2D eigenvalue weighted by Gasteiger charge is -2.29. The molecule has 12 heteroatoms. The van der Waals surface area contributed by atoms with Crippen LogP contribution in [0.4, 0.5) is 24.5 Å².